The molecule has 4 heteroatoms. The lowest BCUT2D eigenvalue weighted by atomic mass is 10.0. The molecule has 1 fully saturated rings. The molecular weight excluding hydrogens is 307 g/mol. The van der Waals surface area contributed by atoms with Crippen LogP contribution >= 0.6 is 15.9 Å². The summed E-state index contributed by atoms with van der Waals surface area (Å²) in [6.07, 6.45) is 3.54. The summed E-state index contributed by atoms with van der Waals surface area (Å²) >= 11 is 3.24. The molecule has 1 atom stereocenters. The normalized spacial score (nSPS) is 19.8. The topological polar surface area (TPSA) is 15.3 Å². The van der Waals surface area contributed by atoms with Gasteiger partial charge in [-0.1, -0.05) is 6.92 Å². The fourth-order valence-corrected chi connectivity index (χ4v) is 3.15. The number of rotatable bonds is 4. The van der Waals surface area contributed by atoms with Crippen LogP contribution in [0.15, 0.2) is 16.6 Å². The molecule has 0 bridgehead atoms. The fraction of sp³-hybridized carbons (Fsp3) is 0.600. The number of nitrogens with one attached hydrogen (secondary N) is 1. The van der Waals surface area contributed by atoms with E-state index in [9.17, 15) is 4.39 Å². The Bertz CT molecular complexity index is 436. The largest absolute Gasteiger partial charge is 0.370 e. The van der Waals surface area contributed by atoms with Crippen molar-refractivity contribution in [2.45, 2.75) is 39.2 Å². The molecule has 1 heterocycles. The van der Waals surface area contributed by atoms with Crippen LogP contribution in [0.1, 0.15) is 31.7 Å². The first-order valence-corrected chi connectivity index (χ1v) is 7.85. The van der Waals surface area contributed by atoms with E-state index in [-0.39, 0.29) is 5.82 Å². The highest BCUT2D eigenvalue weighted by Gasteiger charge is 2.21. The van der Waals surface area contributed by atoms with Crippen molar-refractivity contribution in [3.05, 3.63) is 28.0 Å². The van der Waals surface area contributed by atoms with Crippen LogP contribution in [0.2, 0.25) is 0 Å². The van der Waals surface area contributed by atoms with Gasteiger partial charge in [0.15, 0.2) is 0 Å². The maximum absolute atomic E-state index is 13.7. The van der Waals surface area contributed by atoms with Gasteiger partial charge in [0.1, 0.15) is 5.82 Å². The number of piperidine rings is 1. The number of halogens is 2. The number of hydrogen-bond donors (Lipinski definition) is 1. The van der Waals surface area contributed by atoms with E-state index < -0.39 is 0 Å². The van der Waals surface area contributed by atoms with E-state index in [0.29, 0.717) is 10.5 Å². The van der Waals surface area contributed by atoms with Gasteiger partial charge in [0.05, 0.1) is 4.47 Å². The Morgan fingerprint density at radius 3 is 3.00 bits per heavy atom. The first kappa shape index (κ1) is 14.8. The Hall–Kier alpha value is -0.610. The maximum atomic E-state index is 13.7. The lowest BCUT2D eigenvalue weighted by Crippen LogP contribution is -2.46. The molecule has 19 heavy (non-hydrogen) atoms. The lowest BCUT2D eigenvalue weighted by Gasteiger charge is -2.35. The molecule has 2 nitrogen and oxygen atoms in total. The van der Waals surface area contributed by atoms with Crippen LogP contribution in [-0.2, 0) is 0 Å². The van der Waals surface area contributed by atoms with E-state index in [0.717, 1.165) is 37.3 Å². The molecule has 0 amide bonds. The number of hydrogen-bond acceptors (Lipinski definition) is 2. The Morgan fingerprint density at radius 1 is 1.47 bits per heavy atom. The fourth-order valence-electron chi connectivity index (χ4n) is 2.69. The number of anilines is 1. The zero-order chi connectivity index (χ0) is 13.8. The summed E-state index contributed by atoms with van der Waals surface area (Å²) in [4.78, 5) is 2.31. The summed E-state index contributed by atoms with van der Waals surface area (Å²) < 4.78 is 14.3. The van der Waals surface area contributed by atoms with Crippen molar-refractivity contribution in [3.63, 3.8) is 0 Å². The van der Waals surface area contributed by atoms with Crippen molar-refractivity contribution in [2.24, 2.45) is 0 Å². The molecule has 0 saturated carbocycles. The Morgan fingerprint density at radius 2 is 2.26 bits per heavy atom. The third-order valence-corrected chi connectivity index (χ3v) is 4.29. The van der Waals surface area contributed by atoms with E-state index in [1.165, 1.54) is 12.8 Å². The lowest BCUT2D eigenvalue weighted by molar-refractivity contribution is 0.422. The van der Waals surface area contributed by atoms with Gasteiger partial charge in [-0.3, -0.25) is 0 Å². The van der Waals surface area contributed by atoms with Gasteiger partial charge in [-0.25, -0.2) is 4.39 Å². The summed E-state index contributed by atoms with van der Waals surface area (Å²) in [6.45, 7) is 7.28. The SMILES string of the molecule is CCCNC1CCCN(c2cc(F)c(Br)cc2C)C1. The standard InChI is InChI=1S/C15H22BrFN2/c1-3-6-18-12-5-4-7-19(10-12)15-9-14(17)13(16)8-11(15)2/h8-9,12,18H,3-7,10H2,1-2H3. The van der Waals surface area contributed by atoms with Crippen molar-refractivity contribution in [1.82, 2.24) is 5.32 Å². The van der Waals surface area contributed by atoms with E-state index in [2.05, 4.69) is 33.1 Å². The van der Waals surface area contributed by atoms with E-state index in [1.54, 1.807) is 6.07 Å². The van der Waals surface area contributed by atoms with Gasteiger partial charge in [-0.2, -0.15) is 0 Å². The van der Waals surface area contributed by atoms with Crippen LogP contribution in [0.3, 0.4) is 0 Å². The quantitative estimate of drug-likeness (QED) is 0.902. The molecule has 0 radical (unpaired) electrons. The van der Waals surface area contributed by atoms with Crippen LogP contribution in [-0.4, -0.2) is 25.7 Å². The third-order valence-electron chi connectivity index (χ3n) is 3.68. The maximum Gasteiger partial charge on any atom is 0.139 e. The summed E-state index contributed by atoms with van der Waals surface area (Å²) in [7, 11) is 0. The first-order valence-electron chi connectivity index (χ1n) is 7.05. The van der Waals surface area contributed by atoms with Gasteiger partial charge < -0.3 is 10.2 Å². The Balaban J connectivity index is 2.10. The van der Waals surface area contributed by atoms with Crippen LogP contribution in [0.4, 0.5) is 10.1 Å². The van der Waals surface area contributed by atoms with Crippen LogP contribution < -0.4 is 10.2 Å². The van der Waals surface area contributed by atoms with Crippen molar-refractivity contribution < 1.29 is 4.39 Å². The predicted octanol–water partition coefficient (Wildman–Crippen LogP) is 3.87. The van der Waals surface area contributed by atoms with Crippen molar-refractivity contribution in [3.8, 4) is 0 Å². The van der Waals surface area contributed by atoms with E-state index in [4.69, 9.17) is 0 Å². The summed E-state index contributed by atoms with van der Waals surface area (Å²) in [5.74, 6) is -0.177. The minimum absolute atomic E-state index is 0.177. The summed E-state index contributed by atoms with van der Waals surface area (Å²) in [6, 6.07) is 4.05. The molecule has 0 spiro atoms. The Kier molecular flexibility index (Phi) is 5.22. The molecule has 106 valence electrons. The smallest absolute Gasteiger partial charge is 0.139 e. The van der Waals surface area contributed by atoms with Gasteiger partial charge >= 0.3 is 0 Å². The monoisotopic (exact) mass is 328 g/mol. The van der Waals surface area contributed by atoms with Crippen molar-refractivity contribution in [2.75, 3.05) is 24.5 Å². The molecule has 1 unspecified atom stereocenters. The Labute approximate surface area is 123 Å². The second kappa shape index (κ2) is 6.71. The molecular formula is C15H22BrFN2. The molecule has 1 aliphatic rings. The van der Waals surface area contributed by atoms with Gasteiger partial charge in [0.2, 0.25) is 0 Å². The van der Waals surface area contributed by atoms with Gasteiger partial charge in [-0.05, 0) is 66.4 Å². The van der Waals surface area contributed by atoms with Crippen molar-refractivity contribution >= 4 is 21.6 Å². The zero-order valence-electron chi connectivity index (χ0n) is 11.7. The van der Waals surface area contributed by atoms with Gasteiger partial charge in [0.25, 0.3) is 0 Å². The number of nitrogens with zero attached hydrogens (tertiary/aromatic N) is 1. The second-order valence-corrected chi connectivity index (χ2v) is 6.15. The van der Waals surface area contributed by atoms with Crippen LogP contribution in [0.25, 0.3) is 0 Å². The average Bonchev–Trinajstić information content (AvgIpc) is 2.41. The highest BCUT2D eigenvalue weighted by atomic mass is 79.9. The summed E-state index contributed by atoms with van der Waals surface area (Å²) in [5.41, 5.74) is 2.16. The van der Waals surface area contributed by atoms with Gasteiger partial charge in [-0.15, -0.1) is 0 Å². The molecule has 1 aliphatic heterocycles. The van der Waals surface area contributed by atoms with Gasteiger partial charge in [0, 0.05) is 24.8 Å². The number of benzene rings is 1. The highest BCUT2D eigenvalue weighted by Crippen LogP contribution is 2.28. The highest BCUT2D eigenvalue weighted by molar-refractivity contribution is 9.10. The minimum Gasteiger partial charge on any atom is -0.370 e. The molecule has 1 N–H and O–H groups in total. The zero-order valence-corrected chi connectivity index (χ0v) is 13.3. The van der Waals surface area contributed by atoms with Crippen LogP contribution in [0.5, 0.6) is 0 Å². The van der Waals surface area contributed by atoms with Crippen LogP contribution in [0, 0.1) is 12.7 Å². The molecule has 1 saturated heterocycles. The molecule has 1 aromatic carbocycles. The number of aryl methyl sites for hydroxylation is 1. The second-order valence-electron chi connectivity index (χ2n) is 5.29. The van der Waals surface area contributed by atoms with E-state index in [1.807, 2.05) is 13.0 Å². The van der Waals surface area contributed by atoms with Crippen molar-refractivity contribution in [1.29, 1.82) is 0 Å². The molecule has 0 aromatic heterocycles. The van der Waals surface area contributed by atoms with E-state index >= 15 is 0 Å². The summed E-state index contributed by atoms with van der Waals surface area (Å²) in [5, 5.41) is 3.57. The predicted molar refractivity (Wildman–Crippen MR) is 82.4 cm³/mol. The first-order chi connectivity index (χ1) is 9.11. The molecule has 2 rings (SSSR count). The molecule has 0 aliphatic carbocycles. The third kappa shape index (κ3) is 3.69. The average molecular weight is 329 g/mol. The minimum atomic E-state index is -0.177. The molecule has 1 aromatic rings.